The van der Waals surface area contributed by atoms with Crippen LogP contribution < -0.4 is 5.32 Å². The van der Waals surface area contributed by atoms with Gasteiger partial charge in [-0.1, -0.05) is 20.8 Å². The van der Waals surface area contributed by atoms with Crippen molar-refractivity contribution in [2.45, 2.75) is 53.0 Å². The molecule has 1 unspecified atom stereocenters. The summed E-state index contributed by atoms with van der Waals surface area (Å²) in [7, 11) is 4.31. The molecule has 0 spiro atoms. The summed E-state index contributed by atoms with van der Waals surface area (Å²) in [5.74, 6) is 0. The van der Waals surface area contributed by atoms with Crippen LogP contribution in [0.5, 0.6) is 0 Å². The van der Waals surface area contributed by atoms with Crippen LogP contribution in [0.2, 0.25) is 0 Å². The first-order chi connectivity index (χ1) is 7.05. The molecule has 2 nitrogen and oxygen atoms in total. The Labute approximate surface area is 96.4 Å². The van der Waals surface area contributed by atoms with Crippen LogP contribution in [0.1, 0.15) is 47.0 Å². The molecule has 0 aromatic heterocycles. The van der Waals surface area contributed by atoms with E-state index in [4.69, 9.17) is 0 Å². The Morgan fingerprint density at radius 1 is 1.20 bits per heavy atom. The van der Waals surface area contributed by atoms with Crippen molar-refractivity contribution in [1.29, 1.82) is 0 Å². The third kappa shape index (κ3) is 4.52. The van der Waals surface area contributed by atoms with Gasteiger partial charge in [-0.25, -0.2) is 0 Å². The molecular formula is C13H30N2. The summed E-state index contributed by atoms with van der Waals surface area (Å²) in [4.78, 5) is 2.50. The van der Waals surface area contributed by atoms with E-state index in [9.17, 15) is 0 Å². The van der Waals surface area contributed by atoms with Crippen LogP contribution in [-0.4, -0.2) is 38.1 Å². The van der Waals surface area contributed by atoms with E-state index >= 15 is 0 Å². The fourth-order valence-electron chi connectivity index (χ4n) is 2.15. The van der Waals surface area contributed by atoms with Crippen molar-refractivity contribution in [2.75, 3.05) is 27.2 Å². The molecule has 0 rings (SSSR count). The number of nitrogens with zero attached hydrogens (tertiary/aromatic N) is 1. The van der Waals surface area contributed by atoms with Crippen LogP contribution in [0.25, 0.3) is 0 Å². The molecule has 0 aliphatic rings. The van der Waals surface area contributed by atoms with E-state index in [0.717, 1.165) is 6.54 Å². The number of rotatable bonds is 8. The van der Waals surface area contributed by atoms with Crippen molar-refractivity contribution in [3.05, 3.63) is 0 Å². The van der Waals surface area contributed by atoms with Gasteiger partial charge in [-0.15, -0.1) is 0 Å². The molecule has 0 amide bonds. The highest BCUT2D eigenvalue weighted by molar-refractivity contribution is 4.82. The van der Waals surface area contributed by atoms with Crippen molar-refractivity contribution in [2.24, 2.45) is 5.41 Å². The van der Waals surface area contributed by atoms with Gasteiger partial charge in [0.05, 0.1) is 0 Å². The topological polar surface area (TPSA) is 15.3 Å². The molecule has 1 N–H and O–H groups in total. The summed E-state index contributed by atoms with van der Waals surface area (Å²) in [5, 5.41) is 3.35. The fourth-order valence-corrected chi connectivity index (χ4v) is 2.15. The maximum Gasteiger partial charge on any atom is 0.00614 e. The Hall–Kier alpha value is -0.0800. The van der Waals surface area contributed by atoms with Gasteiger partial charge in [0, 0.05) is 19.1 Å². The monoisotopic (exact) mass is 214 g/mol. The quantitative estimate of drug-likeness (QED) is 0.668. The first kappa shape index (κ1) is 14.9. The average molecular weight is 214 g/mol. The molecule has 0 fully saturated rings. The van der Waals surface area contributed by atoms with Crippen LogP contribution in [0.15, 0.2) is 0 Å². The summed E-state index contributed by atoms with van der Waals surface area (Å²) in [6.07, 6.45) is 3.75. The Bertz CT molecular complexity index is 153. The summed E-state index contributed by atoms with van der Waals surface area (Å²) in [5.41, 5.74) is 0.451. The van der Waals surface area contributed by atoms with Gasteiger partial charge >= 0.3 is 0 Å². The number of nitrogens with one attached hydrogen (secondary N) is 1. The van der Waals surface area contributed by atoms with Gasteiger partial charge in [0.1, 0.15) is 0 Å². The summed E-state index contributed by atoms with van der Waals surface area (Å²) in [6.45, 7) is 11.5. The van der Waals surface area contributed by atoms with Crippen LogP contribution in [0, 0.1) is 5.41 Å². The van der Waals surface area contributed by atoms with Gasteiger partial charge in [0.15, 0.2) is 0 Å². The van der Waals surface area contributed by atoms with E-state index < -0.39 is 0 Å². The van der Waals surface area contributed by atoms with E-state index in [1.165, 1.54) is 25.8 Å². The smallest absolute Gasteiger partial charge is 0.00614 e. The van der Waals surface area contributed by atoms with E-state index in [2.05, 4.69) is 52.0 Å². The first-order valence-corrected chi connectivity index (χ1v) is 6.40. The lowest BCUT2D eigenvalue weighted by atomic mass is 9.81. The zero-order valence-corrected chi connectivity index (χ0v) is 11.6. The molecule has 92 valence electrons. The second-order valence-corrected chi connectivity index (χ2v) is 4.91. The molecule has 0 aliphatic carbocycles. The number of hydrogen-bond donors (Lipinski definition) is 1. The molecule has 0 radical (unpaired) electrons. The molecule has 0 aromatic carbocycles. The third-order valence-electron chi connectivity index (χ3n) is 3.98. The highest BCUT2D eigenvalue weighted by atomic mass is 15.1. The number of hydrogen-bond acceptors (Lipinski definition) is 2. The lowest BCUT2D eigenvalue weighted by Crippen LogP contribution is -2.44. The second kappa shape index (κ2) is 7.24. The van der Waals surface area contributed by atoms with Gasteiger partial charge in [0.2, 0.25) is 0 Å². The Morgan fingerprint density at radius 2 is 1.73 bits per heavy atom. The maximum absolute atomic E-state index is 3.35. The molecular weight excluding hydrogens is 184 g/mol. The summed E-state index contributed by atoms with van der Waals surface area (Å²) in [6, 6.07) is 0.694. The molecule has 0 aliphatic heterocycles. The normalized spacial score (nSPS) is 14.6. The van der Waals surface area contributed by atoms with Crippen molar-refractivity contribution in [1.82, 2.24) is 10.2 Å². The predicted octanol–water partition coefficient (Wildman–Crippen LogP) is 2.74. The average Bonchev–Trinajstić information content (AvgIpc) is 2.27. The second-order valence-electron chi connectivity index (χ2n) is 4.91. The van der Waals surface area contributed by atoms with Crippen LogP contribution in [0.3, 0.4) is 0 Å². The highest BCUT2D eigenvalue weighted by Crippen LogP contribution is 2.27. The Morgan fingerprint density at radius 3 is 2.07 bits per heavy atom. The van der Waals surface area contributed by atoms with Gasteiger partial charge in [-0.05, 0) is 45.7 Å². The van der Waals surface area contributed by atoms with Crippen molar-refractivity contribution in [3.8, 4) is 0 Å². The van der Waals surface area contributed by atoms with E-state index in [-0.39, 0.29) is 0 Å². The van der Waals surface area contributed by atoms with Crippen molar-refractivity contribution < 1.29 is 0 Å². The molecule has 0 aromatic rings. The minimum absolute atomic E-state index is 0.451. The Balaban J connectivity index is 4.38. The molecule has 1 atom stereocenters. The van der Waals surface area contributed by atoms with Crippen LogP contribution in [0.4, 0.5) is 0 Å². The molecule has 0 heterocycles. The minimum Gasteiger partial charge on any atom is -0.319 e. The predicted molar refractivity (Wildman–Crippen MR) is 69.3 cm³/mol. The van der Waals surface area contributed by atoms with Crippen molar-refractivity contribution >= 4 is 0 Å². The van der Waals surface area contributed by atoms with Gasteiger partial charge in [-0.2, -0.15) is 0 Å². The molecule has 0 bridgehead atoms. The van der Waals surface area contributed by atoms with Gasteiger partial charge < -0.3 is 10.2 Å². The van der Waals surface area contributed by atoms with E-state index in [1.807, 2.05) is 0 Å². The summed E-state index contributed by atoms with van der Waals surface area (Å²) < 4.78 is 0. The largest absolute Gasteiger partial charge is 0.319 e. The van der Waals surface area contributed by atoms with E-state index in [1.54, 1.807) is 0 Å². The standard InChI is InChI=1S/C13H30N2/c1-7-12(4)15(6)11-13(8-2,9-3)10-14-5/h12,14H,7-11H2,1-6H3. The highest BCUT2D eigenvalue weighted by Gasteiger charge is 2.27. The lowest BCUT2D eigenvalue weighted by Gasteiger charge is -2.38. The molecule has 0 saturated carbocycles. The minimum atomic E-state index is 0.451. The molecule has 0 saturated heterocycles. The SMILES string of the molecule is CCC(C)N(C)CC(CC)(CC)CNC. The Kier molecular flexibility index (Phi) is 7.20. The van der Waals surface area contributed by atoms with Crippen LogP contribution in [-0.2, 0) is 0 Å². The fraction of sp³-hybridized carbons (Fsp3) is 1.00. The lowest BCUT2D eigenvalue weighted by molar-refractivity contribution is 0.128. The summed E-state index contributed by atoms with van der Waals surface area (Å²) >= 11 is 0. The van der Waals surface area contributed by atoms with Crippen LogP contribution >= 0.6 is 0 Å². The molecule has 15 heavy (non-hydrogen) atoms. The van der Waals surface area contributed by atoms with Gasteiger partial charge in [0.25, 0.3) is 0 Å². The maximum atomic E-state index is 3.35. The van der Waals surface area contributed by atoms with E-state index in [0.29, 0.717) is 11.5 Å². The third-order valence-corrected chi connectivity index (χ3v) is 3.98. The molecule has 2 heteroatoms. The van der Waals surface area contributed by atoms with Crippen molar-refractivity contribution in [3.63, 3.8) is 0 Å². The van der Waals surface area contributed by atoms with Gasteiger partial charge in [-0.3, -0.25) is 0 Å². The first-order valence-electron chi connectivity index (χ1n) is 6.40. The zero-order valence-electron chi connectivity index (χ0n) is 11.6. The zero-order chi connectivity index (χ0) is 11.9.